The molecular formula is C22H25NO3. The molecule has 1 atom stereocenters. The molecule has 136 valence electrons. The summed E-state index contributed by atoms with van der Waals surface area (Å²) >= 11 is 0. The molecule has 4 heteroatoms. The van der Waals surface area contributed by atoms with Gasteiger partial charge in [-0.25, -0.2) is 4.79 Å². The maximum atomic E-state index is 12.5. The Bertz CT molecular complexity index is 761. The summed E-state index contributed by atoms with van der Waals surface area (Å²) in [6.07, 6.45) is 0.228. The van der Waals surface area contributed by atoms with Gasteiger partial charge in [0, 0.05) is 0 Å². The van der Waals surface area contributed by atoms with Crippen molar-refractivity contribution in [1.29, 1.82) is 0 Å². The van der Waals surface area contributed by atoms with Gasteiger partial charge in [0.1, 0.15) is 5.60 Å². The normalized spacial score (nSPS) is 12.1. The zero-order chi connectivity index (χ0) is 19.2. The lowest BCUT2D eigenvalue weighted by Crippen LogP contribution is -2.35. The Labute approximate surface area is 154 Å². The molecule has 1 unspecified atom stereocenters. The molecule has 4 nitrogen and oxygen atoms in total. The highest BCUT2D eigenvalue weighted by Crippen LogP contribution is 2.23. The van der Waals surface area contributed by atoms with Crippen molar-refractivity contribution in [2.24, 2.45) is 0 Å². The summed E-state index contributed by atoms with van der Waals surface area (Å²) in [5.41, 5.74) is 1.26. The van der Waals surface area contributed by atoms with Crippen molar-refractivity contribution >= 4 is 11.9 Å². The van der Waals surface area contributed by atoms with E-state index in [-0.39, 0.29) is 17.9 Å². The summed E-state index contributed by atoms with van der Waals surface area (Å²) in [6.45, 7) is 9.27. The number of rotatable bonds is 6. The highest BCUT2D eigenvalue weighted by Gasteiger charge is 2.27. The van der Waals surface area contributed by atoms with Crippen LogP contribution in [-0.4, -0.2) is 17.5 Å². The Kier molecular flexibility index (Phi) is 6.34. The molecule has 2 rings (SSSR count). The Balaban J connectivity index is 2.18. The third kappa shape index (κ3) is 5.88. The minimum atomic E-state index is -0.637. The summed E-state index contributed by atoms with van der Waals surface area (Å²) in [4.78, 5) is 24.9. The second-order valence-electron chi connectivity index (χ2n) is 7.10. The summed E-state index contributed by atoms with van der Waals surface area (Å²) in [6, 6.07) is 18.1. The van der Waals surface area contributed by atoms with Crippen LogP contribution in [0, 0.1) is 0 Å². The Morgan fingerprint density at radius 2 is 1.54 bits per heavy atom. The summed E-state index contributed by atoms with van der Waals surface area (Å²) < 4.78 is 5.41. The van der Waals surface area contributed by atoms with E-state index in [4.69, 9.17) is 4.74 Å². The molecule has 2 aromatic rings. The minimum Gasteiger partial charge on any atom is -0.457 e. The third-order valence-electron chi connectivity index (χ3n) is 3.66. The zero-order valence-electron chi connectivity index (χ0n) is 15.5. The van der Waals surface area contributed by atoms with Crippen molar-refractivity contribution < 1.29 is 14.3 Å². The third-order valence-corrected chi connectivity index (χ3v) is 3.66. The van der Waals surface area contributed by atoms with Gasteiger partial charge in [-0.05, 0) is 31.9 Å². The molecule has 0 saturated carbocycles. The number of ether oxygens (including phenoxy) is 1. The van der Waals surface area contributed by atoms with E-state index in [1.807, 2.05) is 60.7 Å². The van der Waals surface area contributed by atoms with Crippen LogP contribution in [0.2, 0.25) is 0 Å². The maximum absolute atomic E-state index is 12.5. The van der Waals surface area contributed by atoms with E-state index in [0.717, 1.165) is 11.1 Å². The van der Waals surface area contributed by atoms with Gasteiger partial charge in [-0.1, -0.05) is 67.2 Å². The molecule has 0 aromatic heterocycles. The van der Waals surface area contributed by atoms with Gasteiger partial charge in [-0.3, -0.25) is 4.79 Å². The predicted octanol–water partition coefficient (Wildman–Crippen LogP) is 3.98. The van der Waals surface area contributed by atoms with Gasteiger partial charge in [0.15, 0.2) is 0 Å². The number of esters is 1. The SMILES string of the molecule is C=C(C(=O)OC(C)(C)C)C(NC(=O)Cc1ccccc1)c1ccccc1. The number of nitrogens with one attached hydrogen (secondary N) is 1. The molecule has 1 N–H and O–H groups in total. The van der Waals surface area contributed by atoms with Crippen LogP contribution in [0.25, 0.3) is 0 Å². The highest BCUT2D eigenvalue weighted by atomic mass is 16.6. The van der Waals surface area contributed by atoms with Crippen LogP contribution in [0.1, 0.15) is 37.9 Å². The molecule has 0 heterocycles. The summed E-state index contributed by atoms with van der Waals surface area (Å²) in [5.74, 6) is -0.707. The van der Waals surface area contributed by atoms with Crippen molar-refractivity contribution in [1.82, 2.24) is 5.32 Å². The van der Waals surface area contributed by atoms with Gasteiger partial charge in [-0.15, -0.1) is 0 Å². The molecular weight excluding hydrogens is 326 g/mol. The Hall–Kier alpha value is -2.88. The molecule has 2 aromatic carbocycles. The maximum Gasteiger partial charge on any atom is 0.336 e. The van der Waals surface area contributed by atoms with Crippen LogP contribution in [0.3, 0.4) is 0 Å². The van der Waals surface area contributed by atoms with E-state index in [0.29, 0.717) is 0 Å². The topological polar surface area (TPSA) is 55.4 Å². The number of benzene rings is 2. The van der Waals surface area contributed by atoms with Crippen molar-refractivity contribution in [3.8, 4) is 0 Å². The number of hydrogen-bond donors (Lipinski definition) is 1. The second kappa shape index (κ2) is 8.48. The average molecular weight is 351 g/mol. The van der Waals surface area contributed by atoms with Crippen LogP contribution in [0.15, 0.2) is 72.8 Å². The van der Waals surface area contributed by atoms with Crippen molar-refractivity contribution in [2.45, 2.75) is 38.8 Å². The largest absolute Gasteiger partial charge is 0.457 e. The fourth-order valence-electron chi connectivity index (χ4n) is 2.47. The van der Waals surface area contributed by atoms with Gasteiger partial charge in [0.05, 0.1) is 18.0 Å². The summed E-state index contributed by atoms with van der Waals surface area (Å²) in [5, 5.41) is 2.91. The van der Waals surface area contributed by atoms with E-state index in [1.54, 1.807) is 20.8 Å². The molecule has 0 aliphatic rings. The second-order valence-corrected chi connectivity index (χ2v) is 7.10. The monoisotopic (exact) mass is 351 g/mol. The van der Waals surface area contributed by atoms with Crippen LogP contribution in [0.5, 0.6) is 0 Å². The quantitative estimate of drug-likeness (QED) is 0.632. The van der Waals surface area contributed by atoms with E-state index in [1.165, 1.54) is 0 Å². The lowest BCUT2D eigenvalue weighted by Gasteiger charge is -2.25. The lowest BCUT2D eigenvalue weighted by atomic mass is 9.99. The van der Waals surface area contributed by atoms with Crippen molar-refractivity contribution in [3.63, 3.8) is 0 Å². The fraction of sp³-hybridized carbons (Fsp3) is 0.273. The molecule has 1 amide bonds. The summed E-state index contributed by atoms with van der Waals surface area (Å²) in [7, 11) is 0. The van der Waals surface area contributed by atoms with Gasteiger partial charge in [0.25, 0.3) is 0 Å². The zero-order valence-corrected chi connectivity index (χ0v) is 15.5. The molecule has 26 heavy (non-hydrogen) atoms. The van der Waals surface area contributed by atoms with Crippen LogP contribution in [-0.2, 0) is 20.7 Å². The first-order chi connectivity index (χ1) is 12.3. The molecule has 0 saturated heterocycles. The van der Waals surface area contributed by atoms with Crippen LogP contribution in [0.4, 0.5) is 0 Å². The molecule has 0 aliphatic carbocycles. The smallest absolute Gasteiger partial charge is 0.336 e. The number of carbonyl (C=O) groups excluding carboxylic acids is 2. The first-order valence-electron chi connectivity index (χ1n) is 8.56. The Morgan fingerprint density at radius 3 is 2.08 bits per heavy atom. The van der Waals surface area contributed by atoms with E-state index in [2.05, 4.69) is 11.9 Å². The van der Waals surface area contributed by atoms with Crippen LogP contribution >= 0.6 is 0 Å². The molecule has 0 radical (unpaired) electrons. The van der Waals surface area contributed by atoms with Crippen LogP contribution < -0.4 is 5.32 Å². The first kappa shape index (κ1) is 19.4. The minimum absolute atomic E-state index is 0.185. The number of hydrogen-bond acceptors (Lipinski definition) is 3. The van der Waals surface area contributed by atoms with E-state index < -0.39 is 17.6 Å². The van der Waals surface area contributed by atoms with E-state index >= 15 is 0 Å². The molecule has 0 bridgehead atoms. The van der Waals surface area contributed by atoms with Gasteiger partial charge >= 0.3 is 5.97 Å². The van der Waals surface area contributed by atoms with Gasteiger partial charge < -0.3 is 10.1 Å². The average Bonchev–Trinajstić information content (AvgIpc) is 2.59. The predicted molar refractivity (Wildman–Crippen MR) is 102 cm³/mol. The number of carbonyl (C=O) groups is 2. The van der Waals surface area contributed by atoms with Gasteiger partial charge in [-0.2, -0.15) is 0 Å². The van der Waals surface area contributed by atoms with Crippen molar-refractivity contribution in [3.05, 3.63) is 83.9 Å². The Morgan fingerprint density at radius 1 is 1.00 bits per heavy atom. The first-order valence-corrected chi connectivity index (χ1v) is 8.56. The number of amides is 1. The molecule has 0 fully saturated rings. The lowest BCUT2D eigenvalue weighted by molar-refractivity contribution is -0.150. The molecule has 0 spiro atoms. The van der Waals surface area contributed by atoms with Gasteiger partial charge in [0.2, 0.25) is 5.91 Å². The standard InChI is InChI=1S/C22H25NO3/c1-16(21(25)26-22(2,3)4)20(18-13-9-6-10-14-18)23-19(24)15-17-11-7-5-8-12-17/h5-14,20H,1,15H2,2-4H3,(H,23,24). The van der Waals surface area contributed by atoms with E-state index in [9.17, 15) is 9.59 Å². The fourth-order valence-corrected chi connectivity index (χ4v) is 2.47. The highest BCUT2D eigenvalue weighted by molar-refractivity contribution is 5.91. The van der Waals surface area contributed by atoms with Crippen molar-refractivity contribution in [2.75, 3.05) is 0 Å². The molecule has 0 aliphatic heterocycles.